The molecule has 0 spiro atoms. The molecule has 0 saturated carbocycles. The molecule has 0 aliphatic heterocycles. The van der Waals surface area contributed by atoms with Crippen LogP contribution in [0.3, 0.4) is 0 Å². The van der Waals surface area contributed by atoms with Crippen molar-refractivity contribution in [2.24, 2.45) is 11.5 Å². The minimum atomic E-state index is -0.508. The summed E-state index contributed by atoms with van der Waals surface area (Å²) in [7, 11) is 1.82. The predicted octanol–water partition coefficient (Wildman–Crippen LogP) is 3.40. The summed E-state index contributed by atoms with van der Waals surface area (Å²) in [5.74, 6) is 5.67. The zero-order valence-electron chi connectivity index (χ0n) is 22.7. The number of hydrogen-bond donors (Lipinski definition) is 3. The van der Waals surface area contributed by atoms with Crippen molar-refractivity contribution in [2.75, 3.05) is 33.4 Å². The molecule has 0 radical (unpaired) electrons. The average Bonchev–Trinajstić information content (AvgIpc) is 2.86. The lowest BCUT2D eigenvalue weighted by atomic mass is 10.2. The van der Waals surface area contributed by atoms with Crippen molar-refractivity contribution in [2.45, 2.75) is 52.6 Å². The molecule has 9 nitrogen and oxygen atoms in total. The van der Waals surface area contributed by atoms with Gasteiger partial charge >= 0.3 is 0 Å². The van der Waals surface area contributed by atoms with E-state index in [0.717, 1.165) is 0 Å². The molecule has 0 fully saturated rings. The van der Waals surface area contributed by atoms with Crippen LogP contribution in [0.15, 0.2) is 41.9 Å². The fraction of sp³-hybridized carbons (Fsp3) is 0.481. The second-order valence-electron chi connectivity index (χ2n) is 8.69. The molecule has 5 N–H and O–H groups in total. The Kier molecular flexibility index (Phi) is 18.1. The standard InChI is InChI=1S/C22H29ClFN5O2.C5H10O2/c1-3-30-22(31-13-5-4-11-28-2)10-12-29(21(27)9-7-18(26)15-25)16-17-6-8-19(23)20(24)14-17;1-5(2,3)7-4-6/h6-9,14,22,28H,3,10-13,16,26-27H2,1-2H3;4H,1-3H3/b18-7-,21-9+;. The van der Waals surface area contributed by atoms with E-state index in [9.17, 15) is 9.18 Å². The highest BCUT2D eigenvalue weighted by Crippen LogP contribution is 2.18. The monoisotopic (exact) mass is 551 g/mol. The minimum Gasteiger partial charge on any atom is -0.462 e. The van der Waals surface area contributed by atoms with Crippen LogP contribution < -0.4 is 16.8 Å². The van der Waals surface area contributed by atoms with Gasteiger partial charge in [0.05, 0.1) is 17.4 Å². The van der Waals surface area contributed by atoms with Gasteiger partial charge in [-0.2, -0.15) is 5.26 Å². The van der Waals surface area contributed by atoms with E-state index in [1.54, 1.807) is 6.07 Å². The molecule has 0 saturated heterocycles. The molecule has 210 valence electrons. The van der Waals surface area contributed by atoms with Crippen LogP contribution >= 0.6 is 11.6 Å². The Morgan fingerprint density at radius 2 is 1.97 bits per heavy atom. The van der Waals surface area contributed by atoms with Crippen LogP contribution in [0.1, 0.15) is 39.7 Å². The van der Waals surface area contributed by atoms with Gasteiger partial charge in [-0.05, 0) is 64.6 Å². The topological polar surface area (TPSA) is 136 Å². The number of hydrogen-bond acceptors (Lipinski definition) is 9. The number of carbonyl (C=O) groups excluding carboxylic acids is 1. The van der Waals surface area contributed by atoms with Gasteiger partial charge in [-0.1, -0.05) is 29.5 Å². The third-order valence-corrected chi connectivity index (χ3v) is 4.71. The van der Waals surface area contributed by atoms with E-state index in [1.165, 1.54) is 24.3 Å². The molecule has 1 rings (SSSR count). The van der Waals surface area contributed by atoms with Gasteiger partial charge in [-0.15, -0.1) is 0 Å². The number of nitrogens with two attached hydrogens (primary N) is 2. The Bertz CT molecular complexity index is 1010. The van der Waals surface area contributed by atoms with E-state index in [0.29, 0.717) is 50.5 Å². The Morgan fingerprint density at radius 3 is 2.50 bits per heavy atom. The summed E-state index contributed by atoms with van der Waals surface area (Å²) >= 11 is 5.77. The molecule has 1 aromatic carbocycles. The molecule has 0 heterocycles. The van der Waals surface area contributed by atoms with Crippen LogP contribution in [0.4, 0.5) is 4.39 Å². The van der Waals surface area contributed by atoms with Crippen molar-refractivity contribution in [3.63, 3.8) is 0 Å². The summed E-state index contributed by atoms with van der Waals surface area (Å²) < 4.78 is 29.7. The number of nitrogens with one attached hydrogen (secondary N) is 1. The summed E-state index contributed by atoms with van der Waals surface area (Å²) in [6.45, 7) is 9.85. The quantitative estimate of drug-likeness (QED) is 0.111. The van der Waals surface area contributed by atoms with Crippen LogP contribution in [0.5, 0.6) is 0 Å². The van der Waals surface area contributed by atoms with Crippen molar-refractivity contribution in [1.29, 1.82) is 5.26 Å². The van der Waals surface area contributed by atoms with Crippen LogP contribution in [-0.2, 0) is 25.5 Å². The van der Waals surface area contributed by atoms with Crippen LogP contribution in [-0.4, -0.2) is 56.6 Å². The number of nitrogens with zero attached hydrogens (tertiary/aromatic N) is 2. The van der Waals surface area contributed by atoms with Crippen molar-refractivity contribution < 1.29 is 23.4 Å². The zero-order valence-corrected chi connectivity index (χ0v) is 23.5. The molecule has 0 amide bonds. The first kappa shape index (κ1) is 34.7. The molecule has 1 unspecified atom stereocenters. The summed E-state index contributed by atoms with van der Waals surface area (Å²) in [5.41, 5.74) is 12.1. The molecular formula is C27H39ClFN5O4. The van der Waals surface area contributed by atoms with Gasteiger partial charge in [0.15, 0.2) is 6.29 Å². The van der Waals surface area contributed by atoms with E-state index >= 15 is 0 Å². The number of allylic oxidation sites excluding steroid dienone is 3. The van der Waals surface area contributed by atoms with Crippen molar-refractivity contribution in [1.82, 2.24) is 10.2 Å². The van der Waals surface area contributed by atoms with Crippen LogP contribution in [0.2, 0.25) is 5.02 Å². The second-order valence-corrected chi connectivity index (χ2v) is 9.10. The van der Waals surface area contributed by atoms with E-state index < -0.39 is 12.1 Å². The van der Waals surface area contributed by atoms with Crippen LogP contribution in [0, 0.1) is 29.0 Å². The highest BCUT2D eigenvalue weighted by Gasteiger charge is 2.14. The van der Waals surface area contributed by atoms with Crippen molar-refractivity contribution in [3.8, 4) is 17.9 Å². The molecule has 1 aromatic rings. The van der Waals surface area contributed by atoms with Gasteiger partial charge < -0.3 is 35.9 Å². The maximum Gasteiger partial charge on any atom is 0.293 e. The summed E-state index contributed by atoms with van der Waals surface area (Å²) in [6, 6.07) is 6.40. The highest BCUT2D eigenvalue weighted by atomic mass is 35.5. The Labute approximate surface area is 230 Å². The van der Waals surface area contributed by atoms with E-state index in [2.05, 4.69) is 21.9 Å². The van der Waals surface area contributed by atoms with Gasteiger partial charge in [0, 0.05) is 26.1 Å². The predicted molar refractivity (Wildman–Crippen MR) is 147 cm³/mol. The number of halogens is 2. The molecule has 1 atom stereocenters. The largest absolute Gasteiger partial charge is 0.462 e. The van der Waals surface area contributed by atoms with Gasteiger partial charge in [-0.25, -0.2) is 4.39 Å². The number of carbonyl (C=O) groups is 1. The molecule has 38 heavy (non-hydrogen) atoms. The lowest BCUT2D eigenvalue weighted by Gasteiger charge is -2.27. The van der Waals surface area contributed by atoms with Crippen LogP contribution in [0.25, 0.3) is 0 Å². The van der Waals surface area contributed by atoms with Gasteiger partial charge in [0.2, 0.25) is 0 Å². The smallest absolute Gasteiger partial charge is 0.293 e. The van der Waals surface area contributed by atoms with Gasteiger partial charge in [0.25, 0.3) is 6.47 Å². The molecule has 0 aromatic heterocycles. The average molecular weight is 552 g/mol. The zero-order chi connectivity index (χ0) is 29.0. The van der Waals surface area contributed by atoms with Crippen molar-refractivity contribution in [3.05, 3.63) is 58.3 Å². The van der Waals surface area contributed by atoms with E-state index in [1.807, 2.05) is 45.7 Å². The maximum absolute atomic E-state index is 13.9. The first-order valence-corrected chi connectivity index (χ1v) is 12.3. The fourth-order valence-corrected chi connectivity index (χ4v) is 2.74. The first-order valence-electron chi connectivity index (χ1n) is 11.9. The molecule has 0 aliphatic carbocycles. The Balaban J connectivity index is 0.00000171. The molecular weight excluding hydrogens is 513 g/mol. The number of rotatable bonds is 13. The fourth-order valence-electron chi connectivity index (χ4n) is 2.62. The van der Waals surface area contributed by atoms with Gasteiger partial charge in [-0.3, -0.25) is 4.79 Å². The minimum absolute atomic E-state index is 0.0242. The third kappa shape index (κ3) is 17.2. The molecule has 0 bridgehead atoms. The summed E-state index contributed by atoms with van der Waals surface area (Å²) in [6.07, 6.45) is 2.96. The molecule has 11 heteroatoms. The van der Waals surface area contributed by atoms with Crippen molar-refractivity contribution >= 4 is 18.1 Å². The van der Waals surface area contributed by atoms with E-state index in [-0.39, 0.29) is 22.9 Å². The lowest BCUT2D eigenvalue weighted by molar-refractivity contribution is -0.138. The summed E-state index contributed by atoms with van der Waals surface area (Å²) in [4.78, 5) is 11.4. The SMILES string of the molecule is CC(C)(C)OC=O.CCOC(CCN(Cc1ccc(Cl)c(F)c1)/C(N)=C/C=C(\N)C#N)OCC#CCNC. The van der Waals surface area contributed by atoms with E-state index in [4.69, 9.17) is 37.8 Å². The summed E-state index contributed by atoms with van der Waals surface area (Å²) in [5, 5.41) is 11.8. The Hall–Kier alpha value is -3.28. The molecule has 0 aliphatic rings. The van der Waals surface area contributed by atoms with Gasteiger partial charge in [0.1, 0.15) is 29.8 Å². The lowest BCUT2D eigenvalue weighted by Crippen LogP contribution is -2.32. The maximum atomic E-state index is 13.9. The second kappa shape index (κ2) is 19.8. The number of ether oxygens (including phenoxy) is 3. The highest BCUT2D eigenvalue weighted by molar-refractivity contribution is 6.30. The normalized spacial score (nSPS) is 12.3. The third-order valence-electron chi connectivity index (χ3n) is 4.41. The number of nitriles is 1. The Morgan fingerprint density at radius 1 is 1.26 bits per heavy atom. The first-order chi connectivity index (χ1) is 18.0. The number of benzene rings is 1.